The van der Waals surface area contributed by atoms with Crippen molar-refractivity contribution in [1.29, 1.82) is 0 Å². The molecule has 1 saturated carbocycles. The van der Waals surface area contributed by atoms with E-state index in [0.29, 0.717) is 0 Å². The van der Waals surface area contributed by atoms with Crippen molar-refractivity contribution < 1.29 is 4.79 Å². The smallest absolute Gasteiger partial charge is 0.321 e. The number of hydrogen-bond acceptors (Lipinski definition) is 3. The van der Waals surface area contributed by atoms with E-state index >= 15 is 0 Å². The zero-order valence-corrected chi connectivity index (χ0v) is 11.3. The minimum atomic E-state index is -0.319. The monoisotopic (exact) mass is 288 g/mol. The van der Waals surface area contributed by atoms with E-state index in [1.165, 1.54) is 12.5 Å². The number of carbonyl (C=O) groups excluding carboxylic acids is 1. The fraction of sp³-hybridized carbons (Fsp3) is 0.545. The molecule has 0 aromatic carbocycles. The third kappa shape index (κ3) is 3.99. The highest BCUT2D eigenvalue weighted by Gasteiger charge is 2.16. The number of rotatable bonds is 2. The average molecular weight is 289 g/mol. The first kappa shape index (κ1) is 13.4. The van der Waals surface area contributed by atoms with Crippen LogP contribution in [-0.4, -0.2) is 22.0 Å². The molecule has 1 aliphatic rings. The van der Waals surface area contributed by atoms with E-state index in [1.807, 2.05) is 0 Å². The van der Waals surface area contributed by atoms with Crippen LogP contribution in [0.3, 0.4) is 0 Å². The van der Waals surface area contributed by atoms with Crippen LogP contribution in [0, 0.1) is 0 Å². The lowest BCUT2D eigenvalue weighted by molar-refractivity contribution is 0.244. The molecule has 0 bridgehead atoms. The fourth-order valence-corrected chi connectivity index (χ4v) is 2.44. The molecule has 5 nitrogen and oxygen atoms in total. The minimum absolute atomic E-state index is 0.112. The summed E-state index contributed by atoms with van der Waals surface area (Å²) in [5.41, 5.74) is 0. The van der Waals surface area contributed by atoms with Crippen LogP contribution < -0.4 is 10.6 Å². The molecular formula is C11H14Cl2N4O. The summed E-state index contributed by atoms with van der Waals surface area (Å²) in [6.07, 6.45) is 5.59. The van der Waals surface area contributed by atoms with E-state index in [2.05, 4.69) is 20.6 Å². The molecule has 0 spiro atoms. The van der Waals surface area contributed by atoms with Crippen molar-refractivity contribution in [3.05, 3.63) is 16.4 Å². The molecular weight excluding hydrogens is 275 g/mol. The van der Waals surface area contributed by atoms with Crippen molar-refractivity contribution in [3.8, 4) is 0 Å². The Hall–Kier alpha value is -1.07. The molecule has 0 aliphatic heterocycles. The van der Waals surface area contributed by atoms with Gasteiger partial charge >= 0.3 is 6.03 Å². The lowest BCUT2D eigenvalue weighted by Gasteiger charge is -2.22. The molecule has 1 heterocycles. The Balaban J connectivity index is 1.89. The van der Waals surface area contributed by atoms with E-state index < -0.39 is 0 Å². The van der Waals surface area contributed by atoms with Gasteiger partial charge in [-0.2, -0.15) is 0 Å². The van der Waals surface area contributed by atoms with Gasteiger partial charge in [-0.25, -0.2) is 14.8 Å². The summed E-state index contributed by atoms with van der Waals surface area (Å²) in [6, 6.07) is 1.32. The predicted molar refractivity (Wildman–Crippen MR) is 71.1 cm³/mol. The van der Waals surface area contributed by atoms with Gasteiger partial charge in [0.2, 0.25) is 5.95 Å². The van der Waals surface area contributed by atoms with Gasteiger partial charge in [0, 0.05) is 12.1 Å². The Morgan fingerprint density at radius 2 is 1.78 bits per heavy atom. The second kappa shape index (κ2) is 6.20. The SMILES string of the molecule is O=C(Nc1nc(Cl)cc(Cl)n1)NC1CCCCC1. The van der Waals surface area contributed by atoms with Gasteiger partial charge in [0.25, 0.3) is 0 Å². The van der Waals surface area contributed by atoms with Crippen LogP contribution in [0.4, 0.5) is 10.7 Å². The van der Waals surface area contributed by atoms with Crippen LogP contribution in [0.15, 0.2) is 6.07 Å². The van der Waals surface area contributed by atoms with Gasteiger partial charge in [0.05, 0.1) is 0 Å². The molecule has 0 unspecified atom stereocenters. The molecule has 1 aromatic heterocycles. The summed E-state index contributed by atoms with van der Waals surface area (Å²) in [5.74, 6) is 0.112. The van der Waals surface area contributed by atoms with Crippen LogP contribution in [0.1, 0.15) is 32.1 Å². The van der Waals surface area contributed by atoms with E-state index in [0.717, 1.165) is 25.7 Å². The van der Waals surface area contributed by atoms with Crippen LogP contribution in [0.25, 0.3) is 0 Å². The molecule has 2 N–H and O–H groups in total. The minimum Gasteiger partial charge on any atom is -0.335 e. The number of nitrogens with one attached hydrogen (secondary N) is 2. The number of carbonyl (C=O) groups is 1. The summed E-state index contributed by atoms with van der Waals surface area (Å²) >= 11 is 11.4. The molecule has 1 aromatic rings. The first-order valence-corrected chi connectivity index (χ1v) is 6.66. The topological polar surface area (TPSA) is 66.9 Å². The van der Waals surface area contributed by atoms with Crippen molar-refractivity contribution in [2.45, 2.75) is 38.1 Å². The fourth-order valence-electron chi connectivity index (χ4n) is 2.02. The zero-order chi connectivity index (χ0) is 13.0. The van der Waals surface area contributed by atoms with E-state index in [1.54, 1.807) is 0 Å². The maximum absolute atomic E-state index is 11.7. The normalized spacial score (nSPS) is 16.3. The second-order valence-electron chi connectivity index (χ2n) is 4.27. The van der Waals surface area contributed by atoms with Crippen LogP contribution >= 0.6 is 23.2 Å². The van der Waals surface area contributed by atoms with Crippen molar-refractivity contribution >= 4 is 35.2 Å². The van der Waals surface area contributed by atoms with Crippen molar-refractivity contribution in [1.82, 2.24) is 15.3 Å². The molecule has 0 saturated heterocycles. The highest BCUT2D eigenvalue weighted by atomic mass is 35.5. The van der Waals surface area contributed by atoms with Gasteiger partial charge in [-0.05, 0) is 12.8 Å². The van der Waals surface area contributed by atoms with Crippen molar-refractivity contribution in [2.75, 3.05) is 5.32 Å². The molecule has 18 heavy (non-hydrogen) atoms. The predicted octanol–water partition coefficient (Wildman–Crippen LogP) is 3.24. The Labute approximate surface area is 115 Å². The van der Waals surface area contributed by atoms with Crippen molar-refractivity contribution in [2.24, 2.45) is 0 Å². The number of halogens is 2. The summed E-state index contributed by atoms with van der Waals surface area (Å²) in [4.78, 5) is 19.4. The molecule has 7 heteroatoms. The largest absolute Gasteiger partial charge is 0.335 e. The maximum Gasteiger partial charge on any atom is 0.321 e. The van der Waals surface area contributed by atoms with Gasteiger partial charge in [0.15, 0.2) is 0 Å². The first-order chi connectivity index (χ1) is 8.63. The zero-order valence-electron chi connectivity index (χ0n) is 9.75. The van der Waals surface area contributed by atoms with Gasteiger partial charge in [0.1, 0.15) is 10.3 Å². The van der Waals surface area contributed by atoms with Gasteiger partial charge in [-0.1, -0.05) is 42.5 Å². The summed E-state index contributed by atoms with van der Waals surface area (Å²) in [5, 5.41) is 5.81. The van der Waals surface area contributed by atoms with E-state index in [-0.39, 0.29) is 28.3 Å². The Kier molecular flexibility index (Phi) is 4.60. The Bertz CT molecular complexity index is 415. The van der Waals surface area contributed by atoms with E-state index in [4.69, 9.17) is 23.2 Å². The van der Waals surface area contributed by atoms with Gasteiger partial charge in [-0.3, -0.25) is 5.32 Å². The average Bonchev–Trinajstić information content (AvgIpc) is 2.28. The number of hydrogen-bond donors (Lipinski definition) is 2. The number of nitrogens with zero attached hydrogens (tertiary/aromatic N) is 2. The van der Waals surface area contributed by atoms with Gasteiger partial charge in [-0.15, -0.1) is 0 Å². The summed E-state index contributed by atoms with van der Waals surface area (Å²) in [7, 11) is 0. The molecule has 2 amide bonds. The lowest BCUT2D eigenvalue weighted by atomic mass is 9.96. The quantitative estimate of drug-likeness (QED) is 0.821. The van der Waals surface area contributed by atoms with E-state index in [9.17, 15) is 4.79 Å². The number of aromatic nitrogens is 2. The molecule has 1 aliphatic carbocycles. The van der Waals surface area contributed by atoms with Crippen LogP contribution in [-0.2, 0) is 0 Å². The van der Waals surface area contributed by atoms with Crippen LogP contribution in [0.5, 0.6) is 0 Å². The number of amides is 2. The highest BCUT2D eigenvalue weighted by Crippen LogP contribution is 2.18. The first-order valence-electron chi connectivity index (χ1n) is 5.91. The van der Waals surface area contributed by atoms with Crippen LogP contribution in [0.2, 0.25) is 10.3 Å². The molecule has 2 rings (SSSR count). The number of urea groups is 1. The summed E-state index contributed by atoms with van der Waals surface area (Å²) in [6.45, 7) is 0. The van der Waals surface area contributed by atoms with Crippen molar-refractivity contribution in [3.63, 3.8) is 0 Å². The molecule has 0 atom stereocenters. The molecule has 98 valence electrons. The van der Waals surface area contributed by atoms with Gasteiger partial charge < -0.3 is 5.32 Å². The summed E-state index contributed by atoms with van der Waals surface area (Å²) < 4.78 is 0. The standard InChI is InChI=1S/C11H14Cl2N4O/c12-8-6-9(13)16-10(15-8)17-11(18)14-7-4-2-1-3-5-7/h6-7H,1-5H2,(H2,14,15,16,17,18). The Morgan fingerprint density at radius 1 is 1.17 bits per heavy atom. The Morgan fingerprint density at radius 3 is 2.39 bits per heavy atom. The molecule has 1 fully saturated rings. The third-order valence-corrected chi connectivity index (χ3v) is 3.22. The molecule has 0 radical (unpaired) electrons. The lowest BCUT2D eigenvalue weighted by Crippen LogP contribution is -2.39. The third-order valence-electron chi connectivity index (χ3n) is 2.83. The maximum atomic E-state index is 11.7. The highest BCUT2D eigenvalue weighted by molar-refractivity contribution is 6.33. The number of anilines is 1. The second-order valence-corrected chi connectivity index (χ2v) is 5.04.